The maximum absolute atomic E-state index is 12.6. The van der Waals surface area contributed by atoms with Gasteiger partial charge in [0.1, 0.15) is 5.82 Å². The molecule has 1 aliphatic heterocycles. The van der Waals surface area contributed by atoms with Crippen molar-refractivity contribution in [3.05, 3.63) is 23.6 Å². The van der Waals surface area contributed by atoms with E-state index < -0.39 is 5.95 Å². The number of carbonyl (C=O) groups is 1. The first kappa shape index (κ1) is 7.21. The number of nitrogens with one attached hydrogen (secondary N) is 1. The minimum Gasteiger partial charge on any atom is -0.369 e. The minimum absolute atomic E-state index is 0.0243. The van der Waals surface area contributed by atoms with Gasteiger partial charge in [0.2, 0.25) is 5.95 Å². The molecule has 0 saturated carbocycles. The summed E-state index contributed by atoms with van der Waals surface area (Å²) in [5, 5.41) is 2.86. The first-order valence-corrected chi connectivity index (χ1v) is 3.71. The van der Waals surface area contributed by atoms with Crippen LogP contribution in [0.4, 0.5) is 10.2 Å². The third kappa shape index (κ3) is 1.05. The third-order valence-corrected chi connectivity index (χ3v) is 1.81. The maximum Gasteiger partial charge on any atom is 0.214 e. The number of anilines is 1. The highest BCUT2D eigenvalue weighted by Crippen LogP contribution is 2.18. The molecular weight excluding hydrogens is 159 g/mol. The van der Waals surface area contributed by atoms with E-state index in [1.807, 2.05) is 0 Å². The van der Waals surface area contributed by atoms with Crippen molar-refractivity contribution in [3.63, 3.8) is 0 Å². The van der Waals surface area contributed by atoms with E-state index in [-0.39, 0.29) is 5.78 Å². The molecule has 2 heterocycles. The second-order valence-electron chi connectivity index (χ2n) is 2.63. The Balaban J connectivity index is 2.53. The highest BCUT2D eigenvalue weighted by Gasteiger charge is 2.17. The Morgan fingerprint density at radius 2 is 2.33 bits per heavy atom. The van der Waals surface area contributed by atoms with Gasteiger partial charge in [0.25, 0.3) is 0 Å². The SMILES string of the molecule is O=C1CCNc2nc(F)ccc21. The standard InChI is InChI=1S/C8H7FN2O/c9-7-2-1-5-6(12)3-4-10-8(5)11-7/h1-2H,3-4H2,(H,10,11). The lowest BCUT2D eigenvalue weighted by atomic mass is 10.1. The molecule has 2 rings (SSSR count). The summed E-state index contributed by atoms with van der Waals surface area (Å²) in [6.45, 7) is 0.544. The van der Waals surface area contributed by atoms with Gasteiger partial charge in [-0.25, -0.2) is 4.98 Å². The van der Waals surface area contributed by atoms with Crippen molar-refractivity contribution in [1.82, 2.24) is 4.98 Å². The Morgan fingerprint density at radius 3 is 3.17 bits per heavy atom. The quantitative estimate of drug-likeness (QED) is 0.589. The molecule has 0 unspecified atom stereocenters. The zero-order valence-corrected chi connectivity index (χ0v) is 6.30. The summed E-state index contributed by atoms with van der Waals surface area (Å²) in [7, 11) is 0. The number of nitrogens with zero attached hydrogens (tertiary/aromatic N) is 1. The Labute approximate surface area is 68.6 Å². The van der Waals surface area contributed by atoms with Crippen LogP contribution in [0.1, 0.15) is 16.8 Å². The Kier molecular flexibility index (Phi) is 1.53. The van der Waals surface area contributed by atoms with Gasteiger partial charge in [-0.15, -0.1) is 0 Å². The molecule has 1 aromatic heterocycles. The molecule has 0 bridgehead atoms. The summed E-state index contributed by atoms with van der Waals surface area (Å²) in [5.41, 5.74) is 0.489. The van der Waals surface area contributed by atoms with E-state index in [4.69, 9.17) is 0 Å². The predicted octanol–water partition coefficient (Wildman–Crippen LogP) is 1.22. The van der Waals surface area contributed by atoms with Crippen molar-refractivity contribution < 1.29 is 9.18 Å². The van der Waals surface area contributed by atoms with E-state index in [1.165, 1.54) is 12.1 Å². The van der Waals surface area contributed by atoms with Crippen molar-refractivity contribution in [2.24, 2.45) is 0 Å². The molecule has 0 saturated heterocycles. The number of hydrogen-bond acceptors (Lipinski definition) is 3. The first-order chi connectivity index (χ1) is 5.77. The largest absolute Gasteiger partial charge is 0.369 e. The minimum atomic E-state index is -0.559. The Bertz CT molecular complexity index is 338. The van der Waals surface area contributed by atoms with Gasteiger partial charge in [-0.05, 0) is 12.1 Å². The molecule has 0 spiro atoms. The van der Waals surface area contributed by atoms with Gasteiger partial charge in [0.15, 0.2) is 5.78 Å². The van der Waals surface area contributed by atoms with Crippen LogP contribution in [0, 0.1) is 5.95 Å². The summed E-state index contributed by atoms with van der Waals surface area (Å²) in [5.74, 6) is -0.168. The average Bonchev–Trinajstić information content (AvgIpc) is 2.04. The van der Waals surface area contributed by atoms with Crippen molar-refractivity contribution in [2.45, 2.75) is 6.42 Å². The van der Waals surface area contributed by atoms with Gasteiger partial charge >= 0.3 is 0 Å². The van der Waals surface area contributed by atoms with Crippen LogP contribution in [0.15, 0.2) is 12.1 Å². The average molecular weight is 166 g/mol. The molecular formula is C8H7FN2O. The van der Waals surface area contributed by atoms with E-state index in [9.17, 15) is 9.18 Å². The zero-order valence-electron chi connectivity index (χ0n) is 6.30. The number of pyridine rings is 1. The summed E-state index contributed by atoms with van der Waals surface area (Å²) in [6, 6.07) is 2.66. The van der Waals surface area contributed by atoms with Crippen LogP contribution in [0.5, 0.6) is 0 Å². The number of Topliss-reactive ketones (excluding diaryl/α,β-unsaturated/α-hetero) is 1. The van der Waals surface area contributed by atoms with Gasteiger partial charge < -0.3 is 5.32 Å². The molecule has 62 valence electrons. The Morgan fingerprint density at radius 1 is 1.50 bits per heavy atom. The summed E-state index contributed by atoms with van der Waals surface area (Å²) in [6.07, 6.45) is 0.459. The number of carbonyl (C=O) groups excluding carboxylic acids is 1. The number of ketones is 1. The fourth-order valence-corrected chi connectivity index (χ4v) is 1.22. The number of fused-ring (bicyclic) bond motifs is 1. The van der Waals surface area contributed by atoms with Gasteiger partial charge in [0.05, 0.1) is 5.56 Å². The molecule has 1 aliphatic rings. The number of rotatable bonds is 0. The molecule has 0 amide bonds. The second-order valence-corrected chi connectivity index (χ2v) is 2.63. The van der Waals surface area contributed by atoms with E-state index in [0.29, 0.717) is 24.3 Å². The van der Waals surface area contributed by atoms with Gasteiger partial charge in [0, 0.05) is 13.0 Å². The second kappa shape index (κ2) is 2.55. The van der Waals surface area contributed by atoms with E-state index in [1.54, 1.807) is 0 Å². The van der Waals surface area contributed by atoms with Crippen LogP contribution in [-0.4, -0.2) is 17.3 Å². The number of hydrogen-bond donors (Lipinski definition) is 1. The smallest absolute Gasteiger partial charge is 0.214 e. The lowest BCUT2D eigenvalue weighted by Crippen LogP contribution is -2.19. The molecule has 0 radical (unpaired) electrons. The summed E-state index contributed by atoms with van der Waals surface area (Å²) in [4.78, 5) is 14.8. The molecule has 1 aromatic rings. The molecule has 1 N–H and O–H groups in total. The molecule has 4 heteroatoms. The monoisotopic (exact) mass is 166 g/mol. The van der Waals surface area contributed by atoms with Gasteiger partial charge in [-0.3, -0.25) is 4.79 Å². The van der Waals surface area contributed by atoms with Gasteiger partial charge in [-0.1, -0.05) is 0 Å². The van der Waals surface area contributed by atoms with Crippen LogP contribution < -0.4 is 5.32 Å². The number of aromatic nitrogens is 1. The fraction of sp³-hybridized carbons (Fsp3) is 0.250. The van der Waals surface area contributed by atoms with Crippen LogP contribution in [0.2, 0.25) is 0 Å². The fourth-order valence-electron chi connectivity index (χ4n) is 1.22. The lowest BCUT2D eigenvalue weighted by Gasteiger charge is -2.14. The predicted molar refractivity (Wildman–Crippen MR) is 41.6 cm³/mol. The van der Waals surface area contributed by atoms with E-state index >= 15 is 0 Å². The molecule has 12 heavy (non-hydrogen) atoms. The highest BCUT2D eigenvalue weighted by molar-refractivity contribution is 6.02. The topological polar surface area (TPSA) is 42.0 Å². The van der Waals surface area contributed by atoms with Crippen LogP contribution in [-0.2, 0) is 0 Å². The van der Waals surface area contributed by atoms with Crippen LogP contribution >= 0.6 is 0 Å². The van der Waals surface area contributed by atoms with Gasteiger partial charge in [-0.2, -0.15) is 4.39 Å². The van der Waals surface area contributed by atoms with Crippen molar-refractivity contribution in [1.29, 1.82) is 0 Å². The normalized spacial score (nSPS) is 15.2. The molecule has 0 atom stereocenters. The maximum atomic E-state index is 12.6. The lowest BCUT2D eigenvalue weighted by molar-refractivity contribution is 0.0983. The zero-order chi connectivity index (χ0) is 8.55. The van der Waals surface area contributed by atoms with Crippen LogP contribution in [0.25, 0.3) is 0 Å². The number of halogens is 1. The van der Waals surface area contributed by atoms with Crippen LogP contribution in [0.3, 0.4) is 0 Å². The molecule has 0 aliphatic carbocycles. The Hall–Kier alpha value is -1.45. The van der Waals surface area contributed by atoms with E-state index in [2.05, 4.69) is 10.3 Å². The molecule has 0 fully saturated rings. The van der Waals surface area contributed by atoms with Crippen molar-refractivity contribution in [3.8, 4) is 0 Å². The first-order valence-electron chi connectivity index (χ1n) is 3.71. The summed E-state index contributed by atoms with van der Waals surface area (Å²) >= 11 is 0. The van der Waals surface area contributed by atoms with Crippen molar-refractivity contribution >= 4 is 11.6 Å². The third-order valence-electron chi connectivity index (χ3n) is 1.81. The van der Waals surface area contributed by atoms with Crippen molar-refractivity contribution in [2.75, 3.05) is 11.9 Å². The summed E-state index contributed by atoms with van der Waals surface area (Å²) < 4.78 is 12.6. The van der Waals surface area contributed by atoms with E-state index in [0.717, 1.165) is 0 Å². The molecule has 0 aromatic carbocycles. The highest BCUT2D eigenvalue weighted by atomic mass is 19.1. The molecule has 3 nitrogen and oxygen atoms in total.